The summed E-state index contributed by atoms with van der Waals surface area (Å²) in [6.07, 6.45) is 2.35. The predicted molar refractivity (Wildman–Crippen MR) is 90.1 cm³/mol. The molecule has 1 heterocycles. The zero-order chi connectivity index (χ0) is 14.7. The van der Waals surface area contributed by atoms with Crippen LogP contribution in [0.25, 0.3) is 0 Å². The highest BCUT2D eigenvalue weighted by atomic mass is 35.5. The van der Waals surface area contributed by atoms with Crippen molar-refractivity contribution in [3.63, 3.8) is 0 Å². The summed E-state index contributed by atoms with van der Waals surface area (Å²) in [5.41, 5.74) is 4.23. The molecule has 1 saturated heterocycles. The van der Waals surface area contributed by atoms with Crippen molar-refractivity contribution in [1.29, 1.82) is 0 Å². The number of benzene rings is 2. The van der Waals surface area contributed by atoms with E-state index in [1.165, 1.54) is 23.1 Å². The maximum atomic E-state index is 6.11. The Balaban J connectivity index is 1.84. The van der Waals surface area contributed by atoms with Gasteiger partial charge in [0.15, 0.2) is 0 Å². The molecule has 0 saturated carbocycles. The molecule has 0 spiro atoms. The van der Waals surface area contributed by atoms with Crippen LogP contribution in [0, 0.1) is 12.8 Å². The molecule has 0 bridgehead atoms. The van der Waals surface area contributed by atoms with E-state index in [2.05, 4.69) is 54.7 Å². The van der Waals surface area contributed by atoms with E-state index in [-0.39, 0.29) is 0 Å². The maximum absolute atomic E-state index is 6.11. The Bertz CT molecular complexity index is 594. The Hall–Kier alpha value is -1.31. The second kappa shape index (κ2) is 6.64. The van der Waals surface area contributed by atoms with E-state index in [1.807, 2.05) is 6.07 Å². The van der Waals surface area contributed by atoms with E-state index in [9.17, 15) is 0 Å². The zero-order valence-electron chi connectivity index (χ0n) is 12.5. The van der Waals surface area contributed by atoms with Crippen molar-refractivity contribution in [3.8, 4) is 0 Å². The molecule has 2 atom stereocenters. The lowest BCUT2D eigenvalue weighted by Gasteiger charge is -2.33. The minimum absolute atomic E-state index is 0.628. The highest BCUT2D eigenvalue weighted by molar-refractivity contribution is 6.30. The van der Waals surface area contributed by atoms with Crippen LogP contribution in [-0.2, 0) is 6.42 Å². The molecular formula is C19H22ClN. The van der Waals surface area contributed by atoms with Crippen LogP contribution in [0.15, 0.2) is 48.5 Å². The molecule has 1 aliphatic heterocycles. The molecule has 1 nitrogen and oxygen atoms in total. The van der Waals surface area contributed by atoms with Gasteiger partial charge in [0.25, 0.3) is 0 Å². The van der Waals surface area contributed by atoms with E-state index in [0.717, 1.165) is 24.5 Å². The highest BCUT2D eigenvalue weighted by Crippen LogP contribution is 2.35. The van der Waals surface area contributed by atoms with Gasteiger partial charge in [-0.1, -0.05) is 48.0 Å². The van der Waals surface area contributed by atoms with Gasteiger partial charge in [-0.05, 0) is 73.5 Å². The van der Waals surface area contributed by atoms with Gasteiger partial charge < -0.3 is 5.32 Å². The third kappa shape index (κ3) is 3.48. The van der Waals surface area contributed by atoms with Crippen LogP contribution in [0.3, 0.4) is 0 Å². The number of hydrogen-bond acceptors (Lipinski definition) is 1. The minimum Gasteiger partial charge on any atom is -0.316 e. The summed E-state index contributed by atoms with van der Waals surface area (Å²) in [6, 6.07) is 17.2. The average Bonchev–Trinajstić information content (AvgIpc) is 2.49. The predicted octanol–water partition coefficient (Wildman–Crippen LogP) is 4.58. The first-order valence-electron chi connectivity index (χ1n) is 7.75. The second-order valence-electron chi connectivity index (χ2n) is 6.05. The molecule has 1 fully saturated rings. The maximum Gasteiger partial charge on any atom is 0.0408 e. The molecule has 2 aromatic rings. The first-order chi connectivity index (χ1) is 10.2. The average molecular weight is 300 g/mol. The molecule has 2 unspecified atom stereocenters. The van der Waals surface area contributed by atoms with E-state index < -0.39 is 0 Å². The van der Waals surface area contributed by atoms with Gasteiger partial charge in [-0.25, -0.2) is 0 Å². The summed E-state index contributed by atoms with van der Waals surface area (Å²) >= 11 is 6.11. The summed E-state index contributed by atoms with van der Waals surface area (Å²) in [6.45, 7) is 4.39. The summed E-state index contributed by atoms with van der Waals surface area (Å²) in [5, 5.41) is 4.40. The van der Waals surface area contributed by atoms with Gasteiger partial charge in [0.2, 0.25) is 0 Å². The lowest BCUT2D eigenvalue weighted by atomic mass is 9.77. The molecule has 2 aromatic carbocycles. The Morgan fingerprint density at radius 2 is 1.95 bits per heavy atom. The number of hydrogen-bond donors (Lipinski definition) is 1. The van der Waals surface area contributed by atoms with Crippen LogP contribution in [0.2, 0.25) is 5.02 Å². The molecule has 110 valence electrons. The summed E-state index contributed by atoms with van der Waals surface area (Å²) in [5.74, 6) is 1.28. The smallest absolute Gasteiger partial charge is 0.0408 e. The molecule has 1 N–H and O–H groups in total. The van der Waals surface area contributed by atoms with Crippen molar-refractivity contribution in [2.45, 2.75) is 25.7 Å². The van der Waals surface area contributed by atoms with Crippen LogP contribution in [0.5, 0.6) is 0 Å². The minimum atomic E-state index is 0.628. The number of piperidine rings is 1. The molecular weight excluding hydrogens is 278 g/mol. The fourth-order valence-corrected chi connectivity index (χ4v) is 3.75. The second-order valence-corrected chi connectivity index (χ2v) is 6.49. The van der Waals surface area contributed by atoms with Gasteiger partial charge in [-0.2, -0.15) is 0 Å². The lowest BCUT2D eigenvalue weighted by Crippen LogP contribution is -2.36. The SMILES string of the molecule is Cc1cc(Cl)ccc1C1CCNCC1Cc1ccccc1. The van der Waals surface area contributed by atoms with Crippen molar-refractivity contribution >= 4 is 11.6 Å². The number of rotatable bonds is 3. The molecule has 0 aromatic heterocycles. The summed E-state index contributed by atoms with van der Waals surface area (Å²) in [7, 11) is 0. The van der Waals surface area contributed by atoms with E-state index >= 15 is 0 Å². The summed E-state index contributed by atoms with van der Waals surface area (Å²) in [4.78, 5) is 0. The number of nitrogens with one attached hydrogen (secondary N) is 1. The Labute approximate surface area is 132 Å². The molecule has 0 aliphatic carbocycles. The monoisotopic (exact) mass is 299 g/mol. The van der Waals surface area contributed by atoms with Crippen molar-refractivity contribution in [3.05, 3.63) is 70.2 Å². The van der Waals surface area contributed by atoms with Crippen LogP contribution in [0.1, 0.15) is 29.0 Å². The molecule has 0 amide bonds. The fraction of sp³-hybridized carbons (Fsp3) is 0.368. The largest absolute Gasteiger partial charge is 0.316 e. The Morgan fingerprint density at radius 3 is 2.71 bits per heavy atom. The standard InChI is InChI=1S/C19H22ClN/c1-14-11-17(20)7-8-18(14)19-9-10-21-13-16(19)12-15-5-3-2-4-6-15/h2-8,11,16,19,21H,9-10,12-13H2,1H3. The van der Waals surface area contributed by atoms with Crippen molar-refractivity contribution in [2.75, 3.05) is 13.1 Å². The van der Waals surface area contributed by atoms with Crippen LogP contribution in [-0.4, -0.2) is 13.1 Å². The molecule has 21 heavy (non-hydrogen) atoms. The van der Waals surface area contributed by atoms with Crippen molar-refractivity contribution < 1.29 is 0 Å². The summed E-state index contributed by atoms with van der Waals surface area (Å²) < 4.78 is 0. The molecule has 2 heteroatoms. The third-order valence-corrected chi connectivity index (χ3v) is 4.81. The van der Waals surface area contributed by atoms with E-state index in [1.54, 1.807) is 0 Å². The van der Waals surface area contributed by atoms with Crippen molar-refractivity contribution in [2.24, 2.45) is 5.92 Å². The first kappa shape index (κ1) is 14.6. The van der Waals surface area contributed by atoms with E-state index in [4.69, 9.17) is 11.6 Å². The normalized spacial score (nSPS) is 22.2. The van der Waals surface area contributed by atoms with Gasteiger partial charge in [0, 0.05) is 5.02 Å². The quantitative estimate of drug-likeness (QED) is 0.874. The topological polar surface area (TPSA) is 12.0 Å². The van der Waals surface area contributed by atoms with E-state index in [0.29, 0.717) is 11.8 Å². The van der Waals surface area contributed by atoms with Crippen LogP contribution < -0.4 is 5.32 Å². The Morgan fingerprint density at radius 1 is 1.14 bits per heavy atom. The lowest BCUT2D eigenvalue weighted by molar-refractivity contribution is 0.323. The van der Waals surface area contributed by atoms with Gasteiger partial charge in [-0.3, -0.25) is 0 Å². The number of aryl methyl sites for hydroxylation is 1. The van der Waals surface area contributed by atoms with Gasteiger partial charge in [0.05, 0.1) is 0 Å². The van der Waals surface area contributed by atoms with Crippen LogP contribution in [0.4, 0.5) is 0 Å². The molecule has 3 rings (SSSR count). The zero-order valence-corrected chi connectivity index (χ0v) is 13.2. The molecule has 1 aliphatic rings. The van der Waals surface area contributed by atoms with Gasteiger partial charge in [0.1, 0.15) is 0 Å². The third-order valence-electron chi connectivity index (χ3n) is 4.58. The van der Waals surface area contributed by atoms with Crippen LogP contribution >= 0.6 is 11.6 Å². The van der Waals surface area contributed by atoms with Crippen molar-refractivity contribution in [1.82, 2.24) is 5.32 Å². The first-order valence-corrected chi connectivity index (χ1v) is 8.12. The van der Waals surface area contributed by atoms with Gasteiger partial charge in [-0.15, -0.1) is 0 Å². The molecule has 0 radical (unpaired) electrons. The highest BCUT2D eigenvalue weighted by Gasteiger charge is 2.27. The Kier molecular flexibility index (Phi) is 4.62. The van der Waals surface area contributed by atoms with Gasteiger partial charge >= 0.3 is 0 Å². The number of halogens is 1. The fourth-order valence-electron chi connectivity index (χ4n) is 3.52.